The number of benzene rings is 1. The molecule has 1 amide bonds. The summed E-state index contributed by atoms with van der Waals surface area (Å²) in [7, 11) is 0. The van der Waals surface area contributed by atoms with E-state index in [1.54, 1.807) is 6.07 Å². The molecule has 0 spiro atoms. The average molecular weight is 246 g/mol. The Morgan fingerprint density at radius 2 is 2.00 bits per heavy atom. The molecule has 0 atom stereocenters. The van der Waals surface area contributed by atoms with Gasteiger partial charge in [-0.3, -0.25) is 4.79 Å². The number of nitrogens with one attached hydrogen (secondary N) is 1. The molecular formula is C13H14N2OS. The standard InChI is InChI=1S/C13H14N2OS/c14-11-7-9-17-12(11)13(16)15-8-6-10-4-2-1-3-5-10/h1-5,7,9H,6,8,14H2,(H,15,16). The number of amides is 1. The monoisotopic (exact) mass is 246 g/mol. The average Bonchev–Trinajstić information content (AvgIpc) is 2.77. The highest BCUT2D eigenvalue weighted by Gasteiger charge is 2.09. The molecular weight excluding hydrogens is 232 g/mol. The fourth-order valence-electron chi connectivity index (χ4n) is 1.55. The van der Waals surface area contributed by atoms with Crippen molar-refractivity contribution in [2.75, 3.05) is 12.3 Å². The van der Waals surface area contributed by atoms with Crippen molar-refractivity contribution < 1.29 is 4.79 Å². The first-order valence-corrected chi connectivity index (χ1v) is 6.30. The molecule has 0 fully saturated rings. The number of hydrogen-bond acceptors (Lipinski definition) is 3. The molecule has 0 radical (unpaired) electrons. The van der Waals surface area contributed by atoms with Gasteiger partial charge in [-0.15, -0.1) is 11.3 Å². The lowest BCUT2D eigenvalue weighted by Gasteiger charge is -2.04. The van der Waals surface area contributed by atoms with Gasteiger partial charge in [0.05, 0.1) is 5.69 Å². The molecule has 0 aliphatic heterocycles. The zero-order chi connectivity index (χ0) is 12.1. The Balaban J connectivity index is 1.84. The molecule has 4 heteroatoms. The van der Waals surface area contributed by atoms with E-state index in [2.05, 4.69) is 5.32 Å². The van der Waals surface area contributed by atoms with Gasteiger partial charge in [-0.1, -0.05) is 30.3 Å². The summed E-state index contributed by atoms with van der Waals surface area (Å²) in [6.45, 7) is 0.625. The second kappa shape index (κ2) is 5.50. The zero-order valence-electron chi connectivity index (χ0n) is 9.35. The molecule has 2 rings (SSSR count). The van der Waals surface area contributed by atoms with Gasteiger partial charge in [-0.25, -0.2) is 0 Å². The first kappa shape index (κ1) is 11.7. The highest BCUT2D eigenvalue weighted by atomic mass is 32.1. The maximum atomic E-state index is 11.7. The first-order chi connectivity index (χ1) is 8.27. The second-order valence-electron chi connectivity index (χ2n) is 3.70. The number of anilines is 1. The van der Waals surface area contributed by atoms with E-state index in [1.807, 2.05) is 35.7 Å². The summed E-state index contributed by atoms with van der Waals surface area (Å²) in [5, 5.41) is 4.69. The predicted molar refractivity (Wildman–Crippen MR) is 71.2 cm³/mol. The molecule has 3 N–H and O–H groups in total. The van der Waals surface area contributed by atoms with Crippen LogP contribution in [0.5, 0.6) is 0 Å². The Bertz CT molecular complexity index is 493. The molecule has 0 saturated heterocycles. The van der Waals surface area contributed by atoms with Crippen LogP contribution in [-0.4, -0.2) is 12.5 Å². The van der Waals surface area contributed by atoms with Gasteiger partial charge in [0.1, 0.15) is 4.88 Å². The first-order valence-electron chi connectivity index (χ1n) is 5.42. The van der Waals surface area contributed by atoms with E-state index in [9.17, 15) is 4.79 Å². The van der Waals surface area contributed by atoms with Crippen LogP contribution in [0.15, 0.2) is 41.8 Å². The normalized spacial score (nSPS) is 10.1. The fraction of sp³-hybridized carbons (Fsp3) is 0.154. The van der Waals surface area contributed by atoms with Crippen LogP contribution in [0, 0.1) is 0 Å². The number of nitrogen functional groups attached to an aromatic ring is 1. The molecule has 0 aliphatic carbocycles. The van der Waals surface area contributed by atoms with Crippen LogP contribution in [-0.2, 0) is 6.42 Å². The largest absolute Gasteiger partial charge is 0.397 e. The SMILES string of the molecule is Nc1ccsc1C(=O)NCCc1ccccc1. The minimum atomic E-state index is -0.0894. The van der Waals surface area contributed by atoms with E-state index in [0.717, 1.165) is 6.42 Å². The summed E-state index contributed by atoms with van der Waals surface area (Å²) in [4.78, 5) is 12.3. The molecule has 3 nitrogen and oxygen atoms in total. The third-order valence-electron chi connectivity index (χ3n) is 2.44. The van der Waals surface area contributed by atoms with Crippen molar-refractivity contribution in [2.24, 2.45) is 0 Å². The quantitative estimate of drug-likeness (QED) is 0.869. The minimum absolute atomic E-state index is 0.0894. The number of hydrogen-bond donors (Lipinski definition) is 2. The van der Waals surface area contributed by atoms with Crippen LogP contribution in [0.4, 0.5) is 5.69 Å². The maximum absolute atomic E-state index is 11.7. The molecule has 2 aromatic rings. The summed E-state index contributed by atoms with van der Waals surface area (Å²) >= 11 is 1.37. The van der Waals surface area contributed by atoms with Gasteiger partial charge in [-0.2, -0.15) is 0 Å². The topological polar surface area (TPSA) is 55.1 Å². The van der Waals surface area contributed by atoms with Crippen molar-refractivity contribution in [1.29, 1.82) is 0 Å². The van der Waals surface area contributed by atoms with Crippen LogP contribution in [0.1, 0.15) is 15.2 Å². The Hall–Kier alpha value is -1.81. The highest BCUT2D eigenvalue weighted by molar-refractivity contribution is 7.12. The van der Waals surface area contributed by atoms with Gasteiger partial charge in [0.15, 0.2) is 0 Å². The molecule has 0 saturated carbocycles. The Labute approximate surface area is 104 Å². The van der Waals surface area contributed by atoms with Crippen molar-refractivity contribution in [3.05, 3.63) is 52.2 Å². The van der Waals surface area contributed by atoms with Gasteiger partial charge in [0.2, 0.25) is 0 Å². The highest BCUT2D eigenvalue weighted by Crippen LogP contribution is 2.18. The summed E-state index contributed by atoms with van der Waals surface area (Å²) in [6, 6.07) is 11.8. The van der Waals surface area contributed by atoms with Gasteiger partial charge in [-0.05, 0) is 23.4 Å². The Morgan fingerprint density at radius 3 is 2.65 bits per heavy atom. The molecule has 1 heterocycles. The van der Waals surface area contributed by atoms with E-state index < -0.39 is 0 Å². The van der Waals surface area contributed by atoms with Crippen LogP contribution >= 0.6 is 11.3 Å². The smallest absolute Gasteiger partial charge is 0.263 e. The lowest BCUT2D eigenvalue weighted by Crippen LogP contribution is -2.25. The Kier molecular flexibility index (Phi) is 3.77. The van der Waals surface area contributed by atoms with Crippen molar-refractivity contribution in [1.82, 2.24) is 5.32 Å². The van der Waals surface area contributed by atoms with Crippen molar-refractivity contribution in [3.63, 3.8) is 0 Å². The van der Waals surface area contributed by atoms with E-state index in [4.69, 9.17) is 5.73 Å². The second-order valence-corrected chi connectivity index (χ2v) is 4.61. The van der Waals surface area contributed by atoms with Gasteiger partial charge in [0.25, 0.3) is 5.91 Å². The Morgan fingerprint density at radius 1 is 1.24 bits per heavy atom. The summed E-state index contributed by atoms with van der Waals surface area (Å²) in [5.74, 6) is -0.0894. The predicted octanol–water partition coefficient (Wildman–Crippen LogP) is 2.30. The molecule has 88 valence electrons. The van der Waals surface area contributed by atoms with Crippen LogP contribution < -0.4 is 11.1 Å². The number of carbonyl (C=O) groups is 1. The fourth-order valence-corrected chi connectivity index (χ4v) is 2.28. The summed E-state index contributed by atoms with van der Waals surface area (Å²) in [6.07, 6.45) is 0.831. The number of thiophene rings is 1. The minimum Gasteiger partial charge on any atom is -0.397 e. The molecule has 0 bridgehead atoms. The van der Waals surface area contributed by atoms with Crippen molar-refractivity contribution in [3.8, 4) is 0 Å². The van der Waals surface area contributed by atoms with Crippen molar-refractivity contribution in [2.45, 2.75) is 6.42 Å². The lowest BCUT2D eigenvalue weighted by molar-refractivity contribution is 0.0959. The zero-order valence-corrected chi connectivity index (χ0v) is 10.2. The number of rotatable bonds is 4. The number of carbonyl (C=O) groups excluding carboxylic acids is 1. The lowest BCUT2D eigenvalue weighted by atomic mass is 10.1. The van der Waals surface area contributed by atoms with Crippen LogP contribution in [0.3, 0.4) is 0 Å². The van der Waals surface area contributed by atoms with Crippen LogP contribution in [0.2, 0.25) is 0 Å². The van der Waals surface area contributed by atoms with E-state index in [1.165, 1.54) is 16.9 Å². The van der Waals surface area contributed by atoms with Gasteiger partial charge in [0, 0.05) is 6.54 Å². The third kappa shape index (κ3) is 3.07. The maximum Gasteiger partial charge on any atom is 0.263 e. The molecule has 1 aromatic heterocycles. The van der Waals surface area contributed by atoms with Crippen LogP contribution in [0.25, 0.3) is 0 Å². The van der Waals surface area contributed by atoms with E-state index in [0.29, 0.717) is 17.1 Å². The number of nitrogens with two attached hydrogens (primary N) is 1. The molecule has 0 unspecified atom stereocenters. The van der Waals surface area contributed by atoms with E-state index in [-0.39, 0.29) is 5.91 Å². The van der Waals surface area contributed by atoms with Crippen molar-refractivity contribution >= 4 is 22.9 Å². The summed E-state index contributed by atoms with van der Waals surface area (Å²) < 4.78 is 0. The molecule has 17 heavy (non-hydrogen) atoms. The molecule has 1 aromatic carbocycles. The third-order valence-corrected chi connectivity index (χ3v) is 3.37. The molecule has 0 aliphatic rings. The van der Waals surface area contributed by atoms with E-state index >= 15 is 0 Å². The summed E-state index contributed by atoms with van der Waals surface area (Å²) in [5.41, 5.74) is 7.44. The van der Waals surface area contributed by atoms with Gasteiger partial charge < -0.3 is 11.1 Å². The van der Waals surface area contributed by atoms with Gasteiger partial charge >= 0.3 is 0 Å².